The number of halogens is 2. The predicted molar refractivity (Wildman–Crippen MR) is 156 cm³/mol. The molecule has 0 unspecified atom stereocenters. The summed E-state index contributed by atoms with van der Waals surface area (Å²) in [5, 5.41) is 11.8. The first-order valence-electron chi connectivity index (χ1n) is 13.7. The molecule has 0 aliphatic heterocycles. The molecule has 0 spiro atoms. The molecule has 4 aromatic heterocycles. The van der Waals surface area contributed by atoms with Crippen LogP contribution in [0.4, 0.5) is 4.39 Å². The van der Waals surface area contributed by atoms with Gasteiger partial charge in [-0.1, -0.05) is 42.8 Å². The lowest BCUT2D eigenvalue weighted by atomic mass is 10.0. The molecular weight excluding hydrogens is 525 g/mol. The second kappa shape index (κ2) is 9.55. The number of fused-ring (bicyclic) bond motifs is 2. The maximum atomic E-state index is 15.2. The fraction of sp³-hybridized carbons (Fsp3) is 0.290. The van der Waals surface area contributed by atoms with Crippen LogP contribution in [-0.4, -0.2) is 34.1 Å². The minimum atomic E-state index is -1.19. The number of hydrogen-bond donors (Lipinski definition) is 0. The molecule has 0 amide bonds. The van der Waals surface area contributed by atoms with E-state index in [1.54, 1.807) is 33.6 Å². The molecule has 40 heavy (non-hydrogen) atoms. The average molecular weight is 554 g/mol. The van der Waals surface area contributed by atoms with Gasteiger partial charge < -0.3 is 4.57 Å². The third-order valence-electron chi connectivity index (χ3n) is 7.80. The predicted octanol–water partition coefficient (Wildman–Crippen LogP) is 7.19. The molecule has 9 heteroatoms. The van der Waals surface area contributed by atoms with Crippen molar-refractivity contribution in [3.8, 4) is 22.6 Å². The molecule has 0 N–H and O–H groups in total. The van der Waals surface area contributed by atoms with E-state index in [0.717, 1.165) is 69.5 Å². The van der Waals surface area contributed by atoms with Crippen LogP contribution in [0, 0.1) is 0 Å². The zero-order valence-corrected chi connectivity index (χ0v) is 23.4. The molecule has 4 heterocycles. The quantitative estimate of drug-likeness (QED) is 0.210. The lowest BCUT2D eigenvalue weighted by Crippen LogP contribution is -2.05. The van der Waals surface area contributed by atoms with Crippen LogP contribution in [0.1, 0.15) is 48.8 Å². The van der Waals surface area contributed by atoms with Crippen LogP contribution in [0.5, 0.6) is 0 Å². The smallest absolute Gasteiger partial charge is 0.181 e. The summed E-state index contributed by atoms with van der Waals surface area (Å²) in [5.41, 5.74) is 7.38. The first kappa shape index (κ1) is 25.0. The summed E-state index contributed by atoms with van der Waals surface area (Å²) >= 11 is 5.99. The fourth-order valence-corrected chi connectivity index (χ4v) is 5.81. The standard InChI is InChI=1S/C31H29ClFN7/c1-4-26-23(14-20-15-38(2)37-30(20)34-26)31-35-28(29(39(31)3)19-8-9-19)22-6-5-7-27-24(22)16-40(36-27)17-25(33)18-10-12-21(32)13-11-18/h5-7,10-16,19,25H,4,8-9,17H2,1-3H3/t25-/m0/s1. The van der Waals surface area contributed by atoms with Gasteiger partial charge in [0.1, 0.15) is 12.0 Å². The molecule has 2 aromatic carbocycles. The Labute approximate surface area is 236 Å². The highest BCUT2D eigenvalue weighted by Gasteiger charge is 2.33. The Morgan fingerprint density at radius 1 is 1.00 bits per heavy atom. The van der Waals surface area contributed by atoms with Gasteiger partial charge in [-0.05, 0) is 49.1 Å². The van der Waals surface area contributed by atoms with E-state index in [-0.39, 0.29) is 6.54 Å². The van der Waals surface area contributed by atoms with Gasteiger partial charge in [0, 0.05) is 65.0 Å². The third kappa shape index (κ3) is 4.27. The average Bonchev–Trinajstić information content (AvgIpc) is 3.44. The van der Waals surface area contributed by atoms with Crippen molar-refractivity contribution in [2.24, 2.45) is 14.1 Å². The van der Waals surface area contributed by atoms with Gasteiger partial charge in [-0.25, -0.2) is 14.4 Å². The fourth-order valence-electron chi connectivity index (χ4n) is 5.68. The Kier molecular flexibility index (Phi) is 5.96. The van der Waals surface area contributed by atoms with E-state index in [0.29, 0.717) is 16.5 Å². The molecule has 6 aromatic rings. The number of aromatic nitrogens is 7. The first-order valence-corrected chi connectivity index (χ1v) is 14.0. The van der Waals surface area contributed by atoms with Crippen LogP contribution in [0.25, 0.3) is 44.6 Å². The van der Waals surface area contributed by atoms with Crippen molar-refractivity contribution < 1.29 is 4.39 Å². The molecule has 1 saturated carbocycles. The maximum absolute atomic E-state index is 15.2. The highest BCUT2D eigenvalue weighted by Crippen LogP contribution is 2.47. The van der Waals surface area contributed by atoms with E-state index in [2.05, 4.69) is 35.8 Å². The highest BCUT2D eigenvalue weighted by molar-refractivity contribution is 6.30. The Hall–Kier alpha value is -4.04. The minimum absolute atomic E-state index is 0.120. The zero-order valence-electron chi connectivity index (χ0n) is 22.6. The van der Waals surface area contributed by atoms with Crippen LogP contribution >= 0.6 is 11.6 Å². The van der Waals surface area contributed by atoms with Crippen LogP contribution in [0.3, 0.4) is 0 Å². The number of hydrogen-bond acceptors (Lipinski definition) is 4. The van der Waals surface area contributed by atoms with Crippen molar-refractivity contribution >= 4 is 33.5 Å². The second-order valence-corrected chi connectivity index (χ2v) is 11.1. The molecule has 1 aliphatic rings. The Bertz CT molecular complexity index is 1880. The van der Waals surface area contributed by atoms with E-state index < -0.39 is 6.17 Å². The van der Waals surface area contributed by atoms with Gasteiger partial charge in [0.15, 0.2) is 5.65 Å². The number of aryl methyl sites for hydroxylation is 2. The van der Waals surface area contributed by atoms with E-state index in [9.17, 15) is 0 Å². The van der Waals surface area contributed by atoms with Crippen molar-refractivity contribution in [2.75, 3.05) is 0 Å². The zero-order chi connectivity index (χ0) is 27.5. The SMILES string of the molecule is CCc1nc2nn(C)cc2cc1-c1nc(-c2cccc3nn(C[C@H](F)c4ccc(Cl)cc4)cc23)c(C2CC2)n1C. The molecule has 1 fully saturated rings. The molecule has 1 aliphatic carbocycles. The van der Waals surface area contributed by atoms with E-state index >= 15 is 4.39 Å². The summed E-state index contributed by atoms with van der Waals surface area (Å²) in [5.74, 6) is 1.37. The summed E-state index contributed by atoms with van der Waals surface area (Å²) < 4.78 is 20.9. The van der Waals surface area contributed by atoms with Crippen LogP contribution in [0.15, 0.2) is 60.9 Å². The molecule has 1 atom stereocenters. The van der Waals surface area contributed by atoms with E-state index in [1.165, 1.54) is 5.69 Å². The van der Waals surface area contributed by atoms with Gasteiger partial charge >= 0.3 is 0 Å². The minimum Gasteiger partial charge on any atom is -0.330 e. The molecule has 7 rings (SSSR count). The number of alkyl halides is 1. The third-order valence-corrected chi connectivity index (χ3v) is 8.05. The number of imidazole rings is 1. The number of pyridine rings is 1. The molecule has 0 bridgehead atoms. The van der Waals surface area contributed by atoms with E-state index in [1.807, 2.05) is 31.6 Å². The maximum Gasteiger partial charge on any atom is 0.181 e. The van der Waals surface area contributed by atoms with Crippen LogP contribution < -0.4 is 0 Å². The topological polar surface area (TPSA) is 66.3 Å². The molecule has 0 radical (unpaired) electrons. The lowest BCUT2D eigenvalue weighted by molar-refractivity contribution is 0.293. The lowest BCUT2D eigenvalue weighted by Gasteiger charge is -2.09. The van der Waals surface area contributed by atoms with Gasteiger partial charge in [-0.15, -0.1) is 0 Å². The summed E-state index contributed by atoms with van der Waals surface area (Å²) in [6.07, 6.45) is 5.82. The van der Waals surface area contributed by atoms with Crippen molar-refractivity contribution in [3.05, 3.63) is 82.9 Å². The van der Waals surface area contributed by atoms with Crippen LogP contribution in [-0.2, 0) is 27.1 Å². The number of nitrogens with zero attached hydrogens (tertiary/aromatic N) is 7. The first-order chi connectivity index (χ1) is 19.4. The van der Waals surface area contributed by atoms with Crippen molar-refractivity contribution in [1.82, 2.24) is 34.1 Å². The normalized spacial score (nSPS) is 14.4. The largest absolute Gasteiger partial charge is 0.330 e. The van der Waals surface area contributed by atoms with E-state index in [4.69, 9.17) is 26.7 Å². The summed E-state index contributed by atoms with van der Waals surface area (Å²) in [6.45, 7) is 2.24. The van der Waals surface area contributed by atoms with Gasteiger partial charge in [0.25, 0.3) is 0 Å². The Morgan fingerprint density at radius 2 is 1.80 bits per heavy atom. The van der Waals surface area contributed by atoms with Crippen molar-refractivity contribution in [1.29, 1.82) is 0 Å². The Balaban J connectivity index is 1.33. The number of benzene rings is 2. The molecule has 202 valence electrons. The second-order valence-electron chi connectivity index (χ2n) is 10.7. The van der Waals surface area contributed by atoms with Gasteiger partial charge in [0.05, 0.1) is 23.4 Å². The van der Waals surface area contributed by atoms with Gasteiger partial charge in [0.2, 0.25) is 0 Å². The molecule has 0 saturated heterocycles. The summed E-state index contributed by atoms with van der Waals surface area (Å²) in [6, 6.07) is 15.1. The van der Waals surface area contributed by atoms with Gasteiger partial charge in [-0.2, -0.15) is 10.2 Å². The van der Waals surface area contributed by atoms with Crippen molar-refractivity contribution in [2.45, 2.75) is 44.8 Å². The molecular formula is C31H29ClFN7. The molecule has 7 nitrogen and oxygen atoms in total. The summed E-state index contributed by atoms with van der Waals surface area (Å²) in [4.78, 5) is 10.2. The number of rotatable bonds is 7. The van der Waals surface area contributed by atoms with Gasteiger partial charge in [-0.3, -0.25) is 9.36 Å². The Morgan fingerprint density at radius 3 is 2.55 bits per heavy atom. The summed E-state index contributed by atoms with van der Waals surface area (Å²) in [7, 11) is 4.02. The monoisotopic (exact) mass is 553 g/mol. The van der Waals surface area contributed by atoms with Crippen LogP contribution in [0.2, 0.25) is 5.02 Å². The highest BCUT2D eigenvalue weighted by atomic mass is 35.5. The van der Waals surface area contributed by atoms with Crippen molar-refractivity contribution in [3.63, 3.8) is 0 Å².